The van der Waals surface area contributed by atoms with E-state index >= 15 is 0 Å². The highest BCUT2D eigenvalue weighted by Gasteiger charge is 2.07. The van der Waals surface area contributed by atoms with Crippen molar-refractivity contribution in [2.45, 2.75) is 13.0 Å². The summed E-state index contributed by atoms with van der Waals surface area (Å²) in [5.41, 5.74) is 4.60. The first kappa shape index (κ1) is 12.2. The van der Waals surface area contributed by atoms with Gasteiger partial charge in [0.1, 0.15) is 12.9 Å². The molecular formula is C9H10N6O2S. The zero-order chi connectivity index (χ0) is 12.8. The van der Waals surface area contributed by atoms with Crippen molar-refractivity contribution >= 4 is 23.2 Å². The van der Waals surface area contributed by atoms with Crippen LogP contribution in [0, 0.1) is 0 Å². The minimum Gasteiger partial charge on any atom is -0.273 e. The largest absolute Gasteiger partial charge is 0.273 e. The van der Waals surface area contributed by atoms with E-state index in [2.05, 4.69) is 26.4 Å². The Labute approximate surface area is 106 Å². The Balaban J connectivity index is 1.71. The average Bonchev–Trinajstić information content (AvgIpc) is 2.99. The molecule has 2 amide bonds. The zero-order valence-corrected chi connectivity index (χ0v) is 10.1. The molecule has 8 nitrogen and oxygen atoms in total. The smallest absolute Gasteiger partial charge is 0.260 e. The Kier molecular flexibility index (Phi) is 3.97. The molecule has 0 aromatic carbocycles. The number of carbonyl (C=O) groups is 2. The number of nitrogens with zero attached hydrogens (tertiary/aromatic N) is 4. The van der Waals surface area contributed by atoms with E-state index in [0.29, 0.717) is 0 Å². The van der Waals surface area contributed by atoms with Gasteiger partial charge in [-0.15, -0.1) is 16.4 Å². The van der Waals surface area contributed by atoms with E-state index in [4.69, 9.17) is 0 Å². The molecule has 2 N–H and O–H groups in total. The van der Waals surface area contributed by atoms with Crippen molar-refractivity contribution in [3.8, 4) is 0 Å². The standard InChI is InChI=1S/C9H10N6O2S/c16-8(4-7-2-1-3-18-7)11-12-9(17)5-15-6-10-13-14-15/h1-3,6H,4-5H2,(H,11,16)(H,12,17). The van der Waals surface area contributed by atoms with Crippen LogP contribution in [0.4, 0.5) is 0 Å². The molecule has 2 aromatic rings. The van der Waals surface area contributed by atoms with Gasteiger partial charge in [-0.05, 0) is 21.9 Å². The van der Waals surface area contributed by atoms with Crippen LogP contribution in [0.25, 0.3) is 0 Å². The Morgan fingerprint density at radius 1 is 1.33 bits per heavy atom. The highest BCUT2D eigenvalue weighted by atomic mass is 32.1. The number of hydrazine groups is 1. The summed E-state index contributed by atoms with van der Waals surface area (Å²) in [4.78, 5) is 23.8. The SMILES string of the molecule is O=C(Cc1cccs1)NNC(=O)Cn1cnnn1. The second-order valence-electron chi connectivity index (χ2n) is 3.36. The molecule has 18 heavy (non-hydrogen) atoms. The van der Waals surface area contributed by atoms with Gasteiger partial charge in [0.2, 0.25) is 5.91 Å². The van der Waals surface area contributed by atoms with E-state index < -0.39 is 5.91 Å². The van der Waals surface area contributed by atoms with Gasteiger partial charge in [-0.25, -0.2) is 4.68 Å². The fourth-order valence-electron chi connectivity index (χ4n) is 1.19. The van der Waals surface area contributed by atoms with Crippen molar-refractivity contribution in [3.05, 3.63) is 28.7 Å². The van der Waals surface area contributed by atoms with Gasteiger partial charge in [0, 0.05) is 4.88 Å². The van der Waals surface area contributed by atoms with E-state index in [1.54, 1.807) is 0 Å². The maximum absolute atomic E-state index is 11.5. The minimum absolute atomic E-state index is 0.0493. The summed E-state index contributed by atoms with van der Waals surface area (Å²) in [5, 5.41) is 12.2. The first-order valence-corrected chi connectivity index (χ1v) is 5.93. The molecule has 94 valence electrons. The molecule has 0 aliphatic rings. The lowest BCUT2D eigenvalue weighted by molar-refractivity contribution is -0.129. The van der Waals surface area contributed by atoms with Crippen LogP contribution in [0.2, 0.25) is 0 Å². The molecule has 0 aliphatic carbocycles. The topological polar surface area (TPSA) is 102 Å². The average molecular weight is 266 g/mol. The number of hydrogen-bond acceptors (Lipinski definition) is 6. The predicted octanol–water partition coefficient (Wildman–Crippen LogP) is -0.875. The number of rotatable bonds is 4. The highest BCUT2D eigenvalue weighted by molar-refractivity contribution is 7.10. The van der Waals surface area contributed by atoms with E-state index in [9.17, 15) is 9.59 Å². The summed E-state index contributed by atoms with van der Waals surface area (Å²) >= 11 is 1.49. The molecule has 0 radical (unpaired) electrons. The number of nitrogens with one attached hydrogen (secondary N) is 2. The second kappa shape index (κ2) is 5.87. The quantitative estimate of drug-likeness (QED) is 0.700. The molecule has 0 saturated heterocycles. The number of amides is 2. The van der Waals surface area contributed by atoms with Crippen molar-refractivity contribution in [2.75, 3.05) is 0 Å². The number of thiophene rings is 1. The number of carbonyl (C=O) groups excluding carboxylic acids is 2. The Morgan fingerprint density at radius 2 is 2.17 bits per heavy atom. The van der Waals surface area contributed by atoms with E-state index in [-0.39, 0.29) is 18.9 Å². The molecule has 0 atom stereocenters. The normalized spacial score (nSPS) is 10.0. The summed E-state index contributed by atoms with van der Waals surface area (Å²) in [6.45, 7) is -0.0493. The fourth-order valence-corrected chi connectivity index (χ4v) is 1.90. The summed E-state index contributed by atoms with van der Waals surface area (Å²) in [6, 6.07) is 3.72. The lowest BCUT2D eigenvalue weighted by Gasteiger charge is -2.05. The Morgan fingerprint density at radius 3 is 2.83 bits per heavy atom. The molecule has 0 unspecified atom stereocenters. The predicted molar refractivity (Wildman–Crippen MR) is 62.1 cm³/mol. The molecule has 9 heteroatoms. The molecule has 0 bridgehead atoms. The van der Waals surface area contributed by atoms with Crippen LogP contribution < -0.4 is 10.9 Å². The molecular weight excluding hydrogens is 256 g/mol. The van der Waals surface area contributed by atoms with E-state index in [1.165, 1.54) is 22.3 Å². The van der Waals surface area contributed by atoms with Gasteiger partial charge in [-0.1, -0.05) is 6.07 Å². The first-order chi connectivity index (χ1) is 8.74. The first-order valence-electron chi connectivity index (χ1n) is 5.05. The van der Waals surface area contributed by atoms with Crippen LogP contribution in [0.5, 0.6) is 0 Å². The maximum atomic E-state index is 11.5. The van der Waals surface area contributed by atoms with Crippen molar-refractivity contribution in [1.82, 2.24) is 31.1 Å². The van der Waals surface area contributed by atoms with Crippen LogP contribution in [-0.4, -0.2) is 32.0 Å². The van der Waals surface area contributed by atoms with Crippen molar-refractivity contribution in [2.24, 2.45) is 0 Å². The zero-order valence-electron chi connectivity index (χ0n) is 9.24. The van der Waals surface area contributed by atoms with Gasteiger partial charge in [0.15, 0.2) is 0 Å². The molecule has 0 saturated carbocycles. The summed E-state index contributed by atoms with van der Waals surface area (Å²) in [7, 11) is 0. The monoisotopic (exact) mass is 266 g/mol. The van der Waals surface area contributed by atoms with Crippen molar-refractivity contribution in [1.29, 1.82) is 0 Å². The lowest BCUT2D eigenvalue weighted by atomic mass is 10.3. The van der Waals surface area contributed by atoms with Crippen LogP contribution in [-0.2, 0) is 22.6 Å². The van der Waals surface area contributed by atoms with E-state index in [1.807, 2.05) is 17.5 Å². The van der Waals surface area contributed by atoms with Gasteiger partial charge in [-0.2, -0.15) is 0 Å². The third kappa shape index (κ3) is 3.63. The van der Waals surface area contributed by atoms with Crippen LogP contribution in [0.1, 0.15) is 4.88 Å². The van der Waals surface area contributed by atoms with Gasteiger partial charge >= 0.3 is 0 Å². The Hall–Kier alpha value is -2.29. The van der Waals surface area contributed by atoms with Crippen LogP contribution in [0.3, 0.4) is 0 Å². The summed E-state index contributed by atoms with van der Waals surface area (Å²) in [6.07, 6.45) is 1.55. The third-order valence-electron chi connectivity index (χ3n) is 1.95. The van der Waals surface area contributed by atoms with Gasteiger partial charge in [0.05, 0.1) is 6.42 Å². The molecule has 0 fully saturated rings. The molecule has 2 rings (SSSR count). The number of tetrazole rings is 1. The summed E-state index contributed by atoms with van der Waals surface area (Å²) in [5.74, 6) is -0.677. The van der Waals surface area contributed by atoms with Gasteiger partial charge < -0.3 is 0 Å². The molecule has 0 spiro atoms. The molecule has 0 aliphatic heterocycles. The highest BCUT2D eigenvalue weighted by Crippen LogP contribution is 2.08. The Bertz CT molecular complexity index is 461. The van der Waals surface area contributed by atoms with Crippen molar-refractivity contribution in [3.63, 3.8) is 0 Å². The van der Waals surface area contributed by atoms with Gasteiger partial charge in [0.25, 0.3) is 5.91 Å². The molecule has 2 aromatic heterocycles. The molecule has 2 heterocycles. The summed E-state index contributed by atoms with van der Waals surface area (Å²) < 4.78 is 1.25. The minimum atomic E-state index is -0.401. The number of hydrogen-bond donors (Lipinski definition) is 2. The third-order valence-corrected chi connectivity index (χ3v) is 2.83. The fraction of sp³-hybridized carbons (Fsp3) is 0.222. The van der Waals surface area contributed by atoms with Gasteiger partial charge in [-0.3, -0.25) is 20.4 Å². The van der Waals surface area contributed by atoms with Crippen LogP contribution >= 0.6 is 11.3 Å². The van der Waals surface area contributed by atoms with E-state index in [0.717, 1.165) is 4.88 Å². The number of aromatic nitrogens is 4. The van der Waals surface area contributed by atoms with Crippen molar-refractivity contribution < 1.29 is 9.59 Å². The maximum Gasteiger partial charge on any atom is 0.260 e. The lowest BCUT2D eigenvalue weighted by Crippen LogP contribution is -2.43. The second-order valence-corrected chi connectivity index (χ2v) is 4.39. The van der Waals surface area contributed by atoms with Crippen LogP contribution in [0.15, 0.2) is 23.8 Å².